The highest BCUT2D eigenvalue weighted by Crippen LogP contribution is 2.32. The Hall–Kier alpha value is -3.88. The van der Waals surface area contributed by atoms with E-state index in [0.717, 1.165) is 12.1 Å². The first-order valence-corrected chi connectivity index (χ1v) is 8.11. The Kier molecular flexibility index (Phi) is 5.85. The number of carbonyl (C=O) groups is 3. The van der Waals surface area contributed by atoms with Crippen LogP contribution in [0.1, 0.15) is 5.56 Å². The number of carbonyl (C=O) groups excluding carboxylic acids is 3. The van der Waals surface area contributed by atoms with Crippen molar-refractivity contribution >= 4 is 29.7 Å². The molecule has 9 heteroatoms. The Balaban J connectivity index is 1.43. The molecule has 2 N–H and O–H groups in total. The number of amides is 3. The highest BCUT2D eigenvalue weighted by atomic mass is 19.1. The smallest absolute Gasteiger partial charge is 0.331 e. The van der Waals surface area contributed by atoms with E-state index in [1.807, 2.05) is 5.32 Å². The van der Waals surface area contributed by atoms with Gasteiger partial charge >= 0.3 is 12.0 Å². The lowest BCUT2D eigenvalue weighted by Gasteiger charge is -2.07. The van der Waals surface area contributed by atoms with Gasteiger partial charge in [0.25, 0.3) is 5.91 Å². The van der Waals surface area contributed by atoms with Gasteiger partial charge in [0.1, 0.15) is 5.82 Å². The quantitative estimate of drug-likeness (QED) is 0.605. The van der Waals surface area contributed by atoms with Crippen molar-refractivity contribution in [1.82, 2.24) is 5.32 Å². The topological polar surface area (TPSA) is 103 Å². The molecule has 1 aliphatic rings. The van der Waals surface area contributed by atoms with Gasteiger partial charge in [-0.25, -0.2) is 14.0 Å². The largest absolute Gasteiger partial charge is 0.454 e. The fraction of sp³-hybridized carbons (Fsp3) is 0.105. The van der Waals surface area contributed by atoms with Gasteiger partial charge in [0.15, 0.2) is 18.1 Å². The summed E-state index contributed by atoms with van der Waals surface area (Å²) in [6.07, 6.45) is 2.61. The van der Waals surface area contributed by atoms with Crippen LogP contribution in [-0.4, -0.2) is 31.3 Å². The summed E-state index contributed by atoms with van der Waals surface area (Å²) in [4.78, 5) is 35.0. The monoisotopic (exact) mass is 386 g/mol. The number of hydrogen-bond acceptors (Lipinski definition) is 6. The Morgan fingerprint density at radius 1 is 1.11 bits per heavy atom. The Labute approximate surface area is 158 Å². The zero-order chi connectivity index (χ0) is 19.9. The number of benzene rings is 2. The minimum Gasteiger partial charge on any atom is -0.454 e. The van der Waals surface area contributed by atoms with E-state index in [1.165, 1.54) is 24.3 Å². The van der Waals surface area contributed by atoms with Crippen LogP contribution in [0.4, 0.5) is 14.9 Å². The third-order valence-corrected chi connectivity index (χ3v) is 3.53. The van der Waals surface area contributed by atoms with Gasteiger partial charge in [-0.1, -0.05) is 18.2 Å². The lowest BCUT2D eigenvalue weighted by atomic mass is 10.2. The number of imide groups is 1. The van der Waals surface area contributed by atoms with Crippen molar-refractivity contribution in [1.29, 1.82) is 0 Å². The maximum atomic E-state index is 13.4. The molecule has 28 heavy (non-hydrogen) atoms. The maximum Gasteiger partial charge on any atom is 0.331 e. The molecular formula is C19H15FN2O6. The molecule has 1 aliphatic heterocycles. The molecule has 0 aromatic heterocycles. The molecule has 0 saturated carbocycles. The normalized spacial score (nSPS) is 11.9. The summed E-state index contributed by atoms with van der Waals surface area (Å²) in [6, 6.07) is 9.64. The molecule has 0 radical (unpaired) electrons. The third kappa shape index (κ3) is 5.07. The van der Waals surface area contributed by atoms with Crippen molar-refractivity contribution < 1.29 is 33.0 Å². The average molecular weight is 386 g/mol. The van der Waals surface area contributed by atoms with E-state index in [2.05, 4.69) is 5.32 Å². The van der Waals surface area contributed by atoms with Gasteiger partial charge in [-0.2, -0.15) is 0 Å². The second-order valence-electron chi connectivity index (χ2n) is 5.54. The van der Waals surface area contributed by atoms with E-state index in [0.29, 0.717) is 17.1 Å². The summed E-state index contributed by atoms with van der Waals surface area (Å²) < 4.78 is 28.6. The van der Waals surface area contributed by atoms with Gasteiger partial charge < -0.3 is 19.5 Å². The van der Waals surface area contributed by atoms with Gasteiger partial charge in [-0.05, 0) is 35.9 Å². The first kappa shape index (κ1) is 18.9. The van der Waals surface area contributed by atoms with Gasteiger partial charge in [-0.3, -0.25) is 10.1 Å². The van der Waals surface area contributed by atoms with Crippen LogP contribution >= 0.6 is 0 Å². The zero-order valence-electron chi connectivity index (χ0n) is 14.4. The first-order chi connectivity index (χ1) is 13.5. The summed E-state index contributed by atoms with van der Waals surface area (Å²) >= 11 is 0. The molecule has 2 aromatic rings. The SMILES string of the molecule is O=C(COC(=O)C=Cc1ccc2c(c1)OCO2)NC(=O)Nc1ccccc1F. The summed E-state index contributed by atoms with van der Waals surface area (Å²) in [5.74, 6) is -1.10. The molecule has 0 spiro atoms. The van der Waals surface area contributed by atoms with Crippen molar-refractivity contribution in [2.75, 3.05) is 18.7 Å². The number of hydrogen-bond donors (Lipinski definition) is 2. The van der Waals surface area contributed by atoms with Crippen LogP contribution in [-0.2, 0) is 14.3 Å². The lowest BCUT2D eigenvalue weighted by Crippen LogP contribution is -2.37. The molecule has 0 aliphatic carbocycles. The van der Waals surface area contributed by atoms with Crippen molar-refractivity contribution in [2.24, 2.45) is 0 Å². The number of esters is 1. The molecule has 1 heterocycles. The van der Waals surface area contributed by atoms with Crippen molar-refractivity contribution in [3.8, 4) is 11.5 Å². The average Bonchev–Trinajstić information content (AvgIpc) is 3.14. The van der Waals surface area contributed by atoms with E-state index in [9.17, 15) is 18.8 Å². The fourth-order valence-corrected chi connectivity index (χ4v) is 2.24. The van der Waals surface area contributed by atoms with Gasteiger partial charge in [0.2, 0.25) is 6.79 Å². The number of ether oxygens (including phenoxy) is 3. The lowest BCUT2D eigenvalue weighted by molar-refractivity contribution is -0.143. The predicted octanol–water partition coefficient (Wildman–Crippen LogP) is 2.46. The van der Waals surface area contributed by atoms with Crippen molar-refractivity contribution in [3.05, 3.63) is 59.9 Å². The Morgan fingerprint density at radius 2 is 1.89 bits per heavy atom. The van der Waals surface area contributed by atoms with E-state index in [1.54, 1.807) is 18.2 Å². The van der Waals surface area contributed by atoms with E-state index >= 15 is 0 Å². The maximum absolute atomic E-state index is 13.4. The minimum absolute atomic E-state index is 0.0866. The second-order valence-corrected chi connectivity index (χ2v) is 5.54. The molecule has 3 rings (SSSR count). The molecule has 0 bridgehead atoms. The molecule has 0 atom stereocenters. The Bertz CT molecular complexity index is 944. The standard InChI is InChI=1S/C19H15FN2O6/c20-13-3-1-2-4-14(13)21-19(25)22-17(23)10-26-18(24)8-6-12-5-7-15-16(9-12)28-11-27-15/h1-9H,10-11H2,(H2,21,22,23,25). The Morgan fingerprint density at radius 3 is 2.71 bits per heavy atom. The summed E-state index contributed by atoms with van der Waals surface area (Å²) in [5, 5.41) is 4.10. The number of fused-ring (bicyclic) bond motifs is 1. The number of para-hydroxylation sites is 1. The van der Waals surface area contributed by atoms with Crippen LogP contribution in [0.2, 0.25) is 0 Å². The number of nitrogens with one attached hydrogen (secondary N) is 2. The van der Waals surface area contributed by atoms with Gasteiger partial charge in [0.05, 0.1) is 5.69 Å². The highest BCUT2D eigenvalue weighted by Gasteiger charge is 2.13. The van der Waals surface area contributed by atoms with E-state index in [-0.39, 0.29) is 12.5 Å². The molecule has 8 nitrogen and oxygen atoms in total. The predicted molar refractivity (Wildman–Crippen MR) is 96.1 cm³/mol. The molecule has 144 valence electrons. The summed E-state index contributed by atoms with van der Waals surface area (Å²) in [6.45, 7) is -0.529. The molecule has 0 unspecified atom stereocenters. The van der Waals surface area contributed by atoms with Gasteiger partial charge in [-0.15, -0.1) is 0 Å². The van der Waals surface area contributed by atoms with Crippen LogP contribution in [0.3, 0.4) is 0 Å². The van der Waals surface area contributed by atoms with Crippen molar-refractivity contribution in [2.45, 2.75) is 0 Å². The third-order valence-electron chi connectivity index (χ3n) is 3.53. The summed E-state index contributed by atoms with van der Waals surface area (Å²) in [5.41, 5.74) is 0.589. The van der Waals surface area contributed by atoms with Crippen LogP contribution in [0, 0.1) is 5.82 Å². The number of halogens is 1. The minimum atomic E-state index is -0.943. The molecular weight excluding hydrogens is 371 g/mol. The molecule has 3 amide bonds. The first-order valence-electron chi connectivity index (χ1n) is 8.11. The fourth-order valence-electron chi connectivity index (χ4n) is 2.24. The van der Waals surface area contributed by atoms with Crippen LogP contribution in [0.15, 0.2) is 48.5 Å². The zero-order valence-corrected chi connectivity index (χ0v) is 14.4. The van der Waals surface area contributed by atoms with Crippen LogP contribution < -0.4 is 20.1 Å². The number of urea groups is 1. The van der Waals surface area contributed by atoms with Crippen molar-refractivity contribution in [3.63, 3.8) is 0 Å². The van der Waals surface area contributed by atoms with E-state index in [4.69, 9.17) is 14.2 Å². The molecule has 0 fully saturated rings. The second kappa shape index (κ2) is 8.67. The van der Waals surface area contributed by atoms with E-state index < -0.39 is 30.3 Å². The molecule has 2 aromatic carbocycles. The van der Waals surface area contributed by atoms with Crippen LogP contribution in [0.25, 0.3) is 6.08 Å². The van der Waals surface area contributed by atoms with Gasteiger partial charge in [0, 0.05) is 6.08 Å². The number of anilines is 1. The number of rotatable bonds is 5. The molecule has 0 saturated heterocycles. The van der Waals surface area contributed by atoms with Crippen LogP contribution in [0.5, 0.6) is 11.5 Å². The highest BCUT2D eigenvalue weighted by molar-refractivity contribution is 6.02. The summed E-state index contributed by atoms with van der Waals surface area (Å²) in [7, 11) is 0.